The Morgan fingerprint density at radius 3 is 2.47 bits per heavy atom. The van der Waals surface area contributed by atoms with Crippen molar-refractivity contribution in [2.75, 3.05) is 18.0 Å². The first-order valence-electron chi connectivity index (χ1n) is 9.51. The Kier molecular flexibility index (Phi) is 5.26. The van der Waals surface area contributed by atoms with Crippen molar-refractivity contribution in [3.8, 4) is 16.9 Å². The quantitative estimate of drug-likeness (QED) is 0.679. The molecule has 156 valence electrons. The fourth-order valence-electron chi connectivity index (χ4n) is 3.61. The molecule has 0 unspecified atom stereocenters. The molecular formula is C22H20F3N3O2. The molecule has 2 heterocycles. The zero-order valence-corrected chi connectivity index (χ0v) is 16.0. The van der Waals surface area contributed by atoms with Crippen molar-refractivity contribution < 1.29 is 22.7 Å². The molecule has 0 spiro atoms. The second-order valence-corrected chi connectivity index (χ2v) is 7.04. The number of nitrogens with two attached hydrogens (primary N) is 1. The van der Waals surface area contributed by atoms with E-state index in [-0.39, 0.29) is 11.7 Å². The number of rotatable bonds is 5. The highest BCUT2D eigenvalue weighted by Gasteiger charge is 2.31. The number of halogens is 3. The van der Waals surface area contributed by atoms with Gasteiger partial charge in [-0.05, 0) is 54.4 Å². The average molecular weight is 415 g/mol. The molecule has 1 aliphatic rings. The summed E-state index contributed by atoms with van der Waals surface area (Å²) in [6.07, 6.45) is -2.20. The molecule has 2 aromatic carbocycles. The fourth-order valence-corrected chi connectivity index (χ4v) is 3.61. The second-order valence-electron chi connectivity index (χ2n) is 7.04. The van der Waals surface area contributed by atoms with Crippen LogP contribution in [0.2, 0.25) is 0 Å². The van der Waals surface area contributed by atoms with Gasteiger partial charge < -0.3 is 19.9 Å². The van der Waals surface area contributed by atoms with Crippen molar-refractivity contribution in [2.45, 2.75) is 19.3 Å². The lowest BCUT2D eigenvalue weighted by Gasteiger charge is -2.28. The van der Waals surface area contributed by atoms with Gasteiger partial charge in [-0.3, -0.25) is 4.79 Å². The van der Waals surface area contributed by atoms with E-state index < -0.39 is 6.36 Å². The van der Waals surface area contributed by atoms with Crippen LogP contribution in [0.15, 0.2) is 60.8 Å². The Balaban J connectivity index is 1.58. The molecule has 0 saturated carbocycles. The number of nitrogens with zero attached hydrogens (tertiary/aromatic N) is 2. The van der Waals surface area contributed by atoms with Crippen LogP contribution in [-0.4, -0.2) is 29.9 Å². The molecule has 1 aromatic heterocycles. The van der Waals surface area contributed by atoms with Crippen molar-refractivity contribution in [2.24, 2.45) is 5.73 Å². The van der Waals surface area contributed by atoms with Gasteiger partial charge in [-0.1, -0.05) is 24.3 Å². The number of amides is 1. The molecule has 3 aromatic rings. The summed E-state index contributed by atoms with van der Waals surface area (Å²) in [6, 6.07) is 15.2. The lowest BCUT2D eigenvalue weighted by molar-refractivity contribution is -0.274. The topological polar surface area (TPSA) is 60.5 Å². The van der Waals surface area contributed by atoms with E-state index in [4.69, 9.17) is 5.73 Å². The van der Waals surface area contributed by atoms with Crippen LogP contribution in [0.3, 0.4) is 0 Å². The molecule has 4 rings (SSSR count). The third kappa shape index (κ3) is 4.18. The maximum absolute atomic E-state index is 13.0. The number of aromatic nitrogens is 1. The van der Waals surface area contributed by atoms with Gasteiger partial charge in [0.2, 0.25) is 0 Å². The zero-order chi connectivity index (χ0) is 21.3. The Labute approximate surface area is 171 Å². The van der Waals surface area contributed by atoms with Crippen LogP contribution in [0, 0.1) is 0 Å². The highest BCUT2D eigenvalue weighted by molar-refractivity contribution is 6.06. The number of carbonyl (C=O) groups is 1. The summed E-state index contributed by atoms with van der Waals surface area (Å²) in [5, 5.41) is 0. The molecule has 8 heteroatoms. The lowest BCUT2D eigenvalue weighted by Crippen LogP contribution is -2.39. The number of hydrogen-bond acceptors (Lipinski definition) is 3. The second kappa shape index (κ2) is 7.87. The third-order valence-corrected chi connectivity index (χ3v) is 5.01. The van der Waals surface area contributed by atoms with Gasteiger partial charge in [0.05, 0.1) is 0 Å². The molecule has 0 bridgehead atoms. The van der Waals surface area contributed by atoms with Gasteiger partial charge in [-0.25, -0.2) is 0 Å². The maximum atomic E-state index is 13.0. The summed E-state index contributed by atoms with van der Waals surface area (Å²) in [6.45, 7) is 1.66. The van der Waals surface area contributed by atoms with Crippen LogP contribution < -0.4 is 15.4 Å². The molecule has 0 atom stereocenters. The summed E-state index contributed by atoms with van der Waals surface area (Å²) in [5.41, 5.74) is 9.18. The van der Waals surface area contributed by atoms with E-state index in [0.29, 0.717) is 36.5 Å². The first kappa shape index (κ1) is 20.0. The highest BCUT2D eigenvalue weighted by Crippen LogP contribution is 2.31. The number of benzene rings is 2. The minimum Gasteiger partial charge on any atom is -0.406 e. The first-order chi connectivity index (χ1) is 14.3. The van der Waals surface area contributed by atoms with Gasteiger partial charge in [0.15, 0.2) is 0 Å². The summed E-state index contributed by atoms with van der Waals surface area (Å²) in [4.78, 5) is 14.7. The number of fused-ring (bicyclic) bond motifs is 1. The molecule has 5 nitrogen and oxygen atoms in total. The summed E-state index contributed by atoms with van der Waals surface area (Å²) >= 11 is 0. The largest absolute Gasteiger partial charge is 0.573 e. The summed E-state index contributed by atoms with van der Waals surface area (Å²) < 4.78 is 43.3. The van der Waals surface area contributed by atoms with E-state index in [1.807, 2.05) is 28.8 Å². The summed E-state index contributed by atoms with van der Waals surface area (Å²) in [7, 11) is 0. The Hall–Kier alpha value is -3.26. The van der Waals surface area contributed by atoms with Crippen molar-refractivity contribution in [1.82, 2.24) is 4.57 Å². The minimum atomic E-state index is -4.76. The van der Waals surface area contributed by atoms with Gasteiger partial charge >= 0.3 is 6.36 Å². The Morgan fingerprint density at radius 1 is 1.00 bits per heavy atom. The number of alkyl halides is 3. The van der Waals surface area contributed by atoms with Gasteiger partial charge in [-0.15, -0.1) is 13.2 Å². The zero-order valence-electron chi connectivity index (χ0n) is 16.0. The van der Waals surface area contributed by atoms with Crippen LogP contribution in [-0.2, 0) is 13.0 Å². The number of ether oxygens (including phenoxy) is 1. The molecule has 0 aliphatic carbocycles. The van der Waals surface area contributed by atoms with Crippen LogP contribution in [0.25, 0.3) is 11.1 Å². The van der Waals surface area contributed by atoms with Crippen LogP contribution in [0.4, 0.5) is 18.9 Å². The molecular weight excluding hydrogens is 395 g/mol. The lowest BCUT2D eigenvalue weighted by atomic mass is 10.1. The van der Waals surface area contributed by atoms with Gasteiger partial charge in [0.1, 0.15) is 11.4 Å². The highest BCUT2D eigenvalue weighted by atomic mass is 19.4. The number of carbonyl (C=O) groups excluding carboxylic acids is 1. The standard InChI is InChI=1S/C22H20F3N3O2/c23-22(24,25)30-19-3-1-2-16(12-19)17-13-20-21(29)28(11-10-27(20)14-17)18-6-4-15(5-7-18)8-9-26/h1-7,12-14H,8-11,26H2. The van der Waals surface area contributed by atoms with Crippen molar-refractivity contribution >= 4 is 11.6 Å². The molecule has 30 heavy (non-hydrogen) atoms. The molecule has 0 saturated heterocycles. The molecule has 0 radical (unpaired) electrons. The number of hydrogen-bond donors (Lipinski definition) is 1. The average Bonchev–Trinajstić information content (AvgIpc) is 3.14. The van der Waals surface area contributed by atoms with E-state index in [2.05, 4.69) is 4.74 Å². The molecule has 1 amide bonds. The van der Waals surface area contributed by atoms with E-state index in [0.717, 1.165) is 17.7 Å². The predicted molar refractivity (Wildman–Crippen MR) is 107 cm³/mol. The molecule has 0 fully saturated rings. The van der Waals surface area contributed by atoms with E-state index in [9.17, 15) is 18.0 Å². The Bertz CT molecular complexity index is 1060. The van der Waals surface area contributed by atoms with Gasteiger partial charge in [-0.2, -0.15) is 0 Å². The van der Waals surface area contributed by atoms with E-state index in [1.165, 1.54) is 18.2 Å². The van der Waals surface area contributed by atoms with Crippen LogP contribution in [0.5, 0.6) is 5.75 Å². The summed E-state index contributed by atoms with van der Waals surface area (Å²) in [5.74, 6) is -0.448. The normalized spacial score (nSPS) is 14.0. The molecule has 1 aliphatic heterocycles. The van der Waals surface area contributed by atoms with Crippen LogP contribution in [0.1, 0.15) is 16.1 Å². The maximum Gasteiger partial charge on any atom is 0.573 e. The monoisotopic (exact) mass is 415 g/mol. The van der Waals surface area contributed by atoms with Crippen molar-refractivity contribution in [1.29, 1.82) is 0 Å². The smallest absolute Gasteiger partial charge is 0.406 e. The fraction of sp³-hybridized carbons (Fsp3) is 0.227. The third-order valence-electron chi connectivity index (χ3n) is 5.01. The number of anilines is 1. The van der Waals surface area contributed by atoms with E-state index in [1.54, 1.807) is 23.2 Å². The first-order valence-corrected chi connectivity index (χ1v) is 9.51. The van der Waals surface area contributed by atoms with E-state index >= 15 is 0 Å². The molecule has 2 N–H and O–H groups in total. The van der Waals surface area contributed by atoms with Gasteiger partial charge in [0.25, 0.3) is 5.91 Å². The minimum absolute atomic E-state index is 0.151. The van der Waals surface area contributed by atoms with Crippen molar-refractivity contribution in [3.63, 3.8) is 0 Å². The van der Waals surface area contributed by atoms with Crippen molar-refractivity contribution in [3.05, 3.63) is 72.1 Å². The van der Waals surface area contributed by atoms with Gasteiger partial charge in [0, 0.05) is 30.5 Å². The van der Waals surface area contributed by atoms with Crippen LogP contribution >= 0.6 is 0 Å². The Morgan fingerprint density at radius 2 is 1.77 bits per heavy atom. The predicted octanol–water partition coefficient (Wildman–Crippen LogP) is 4.22. The SMILES string of the molecule is NCCc1ccc(N2CCn3cc(-c4cccc(OC(F)(F)F)c4)cc3C2=O)cc1.